The van der Waals surface area contributed by atoms with Gasteiger partial charge in [0, 0.05) is 26.2 Å². The van der Waals surface area contributed by atoms with Crippen molar-refractivity contribution in [3.05, 3.63) is 29.3 Å². The smallest absolute Gasteiger partial charge is 0.161 e. The number of para-hydroxylation sites is 1. The molecule has 2 rings (SSSR count). The molecule has 0 aliphatic carbocycles. The van der Waals surface area contributed by atoms with Crippen LogP contribution in [-0.2, 0) is 0 Å². The van der Waals surface area contributed by atoms with Gasteiger partial charge >= 0.3 is 0 Å². The Morgan fingerprint density at radius 3 is 2.69 bits per heavy atom. The molecule has 1 heterocycles. The van der Waals surface area contributed by atoms with Crippen LogP contribution in [0.2, 0.25) is 0 Å². The monoisotopic (exact) mass is 262 g/mol. The summed E-state index contributed by atoms with van der Waals surface area (Å²) in [5.41, 5.74) is 0.139. The Bertz CT molecular complexity index is 523. The minimum Gasteiger partial charge on any atom is -0.335 e. The number of amidine groups is 1. The van der Waals surface area contributed by atoms with Crippen molar-refractivity contribution >= 4 is 35.0 Å². The van der Waals surface area contributed by atoms with Gasteiger partial charge in [-0.2, -0.15) is 0 Å². The molecule has 1 N–H and O–H groups in total. The maximum absolute atomic E-state index is 7.60. The van der Waals surface area contributed by atoms with Crippen LogP contribution in [0.3, 0.4) is 0 Å². The zero-order chi connectivity index (χ0) is 15.7. The van der Waals surface area contributed by atoms with Crippen LogP contribution in [0.4, 0.5) is 5.69 Å². The number of aliphatic imine (C=N–C) groups is 1. The Balaban J connectivity index is 0.00000242. The van der Waals surface area contributed by atoms with Crippen LogP contribution in [-0.4, -0.2) is 17.5 Å². The van der Waals surface area contributed by atoms with E-state index in [0.717, 1.165) is 12.2 Å². The van der Waals surface area contributed by atoms with Gasteiger partial charge in [0.1, 0.15) is 0 Å². The highest BCUT2D eigenvalue weighted by Crippen LogP contribution is 2.22. The van der Waals surface area contributed by atoms with Gasteiger partial charge in [0.15, 0.2) is 5.17 Å². The van der Waals surface area contributed by atoms with E-state index in [1.54, 1.807) is 0 Å². The topological polar surface area (TPSA) is 24.4 Å². The number of anilines is 1. The van der Waals surface area contributed by atoms with E-state index in [2.05, 4.69) is 10.3 Å². The van der Waals surface area contributed by atoms with E-state index in [9.17, 15) is 0 Å². The second kappa shape index (κ2) is 6.16. The van der Waals surface area contributed by atoms with Crippen molar-refractivity contribution in [2.75, 3.05) is 17.6 Å². The molecule has 0 aromatic heterocycles. The van der Waals surface area contributed by atoms with Crippen LogP contribution < -0.4 is 5.32 Å². The Morgan fingerprint density at radius 2 is 2.12 bits per heavy atom. The van der Waals surface area contributed by atoms with Gasteiger partial charge in [-0.25, -0.2) is 0 Å². The molecule has 1 aromatic rings. The van der Waals surface area contributed by atoms with Gasteiger partial charge in [-0.3, -0.25) is 4.99 Å². The van der Waals surface area contributed by atoms with Crippen molar-refractivity contribution in [1.82, 2.24) is 0 Å². The number of hydrogen-bond donors (Lipinski definition) is 1. The van der Waals surface area contributed by atoms with Gasteiger partial charge in [0.25, 0.3) is 0 Å². The predicted molar refractivity (Wildman–Crippen MR) is 76.2 cm³/mol. The number of aryl methyl sites for hydroxylation is 2. The maximum atomic E-state index is 7.60. The highest BCUT2D eigenvalue weighted by atomic mass is 35.5. The van der Waals surface area contributed by atoms with Gasteiger partial charge in [-0.1, -0.05) is 30.0 Å². The minimum atomic E-state index is -2.39. The van der Waals surface area contributed by atoms with Crippen molar-refractivity contribution in [2.45, 2.75) is 20.1 Å². The van der Waals surface area contributed by atoms with E-state index in [4.69, 9.17) is 8.22 Å². The zero-order valence-electron chi connectivity index (χ0n) is 14.6. The van der Waals surface area contributed by atoms with E-state index >= 15 is 0 Å². The highest BCUT2D eigenvalue weighted by molar-refractivity contribution is 8.14. The Kier molecular flexibility index (Phi) is 2.66. The van der Waals surface area contributed by atoms with E-state index in [0.29, 0.717) is 11.7 Å². The lowest BCUT2D eigenvalue weighted by Gasteiger charge is -2.16. The number of rotatable bonds is 1. The first-order chi connectivity index (χ1) is 9.69. The maximum Gasteiger partial charge on any atom is 0.161 e. The molecule has 0 saturated carbocycles. The lowest BCUT2D eigenvalue weighted by atomic mass is 10.1. The molecule has 0 saturated heterocycles. The molecule has 0 spiro atoms. The lowest BCUT2D eigenvalue weighted by molar-refractivity contribution is 0.938. The first-order valence-electron chi connectivity index (χ1n) is 7.78. The van der Waals surface area contributed by atoms with Crippen LogP contribution in [0.15, 0.2) is 23.2 Å². The second-order valence-electron chi connectivity index (χ2n) is 3.24. The van der Waals surface area contributed by atoms with Gasteiger partial charge in [-0.05, 0) is 31.3 Å². The minimum absolute atomic E-state index is 0. The quantitative estimate of drug-likeness (QED) is 0.836. The number of benzene rings is 1. The zero-order valence-corrected chi connectivity index (χ0v) is 10.3. The number of halogens is 1. The van der Waals surface area contributed by atoms with Crippen LogP contribution in [0, 0.1) is 13.7 Å². The molecule has 1 aliphatic heterocycles. The van der Waals surface area contributed by atoms with E-state index < -0.39 is 13.7 Å². The summed E-state index contributed by atoms with van der Waals surface area (Å²) in [6.45, 7) is -4.11. The second-order valence-corrected chi connectivity index (χ2v) is 4.33. The van der Waals surface area contributed by atoms with Crippen molar-refractivity contribution in [2.24, 2.45) is 4.99 Å². The molecule has 1 aliphatic rings. The average Bonchev–Trinajstić information content (AvgIpc) is 2.37. The van der Waals surface area contributed by atoms with E-state index in [-0.39, 0.29) is 29.2 Å². The summed E-state index contributed by atoms with van der Waals surface area (Å²) in [5.74, 6) is 0.880. The molecule has 0 fully saturated rings. The summed E-state index contributed by atoms with van der Waals surface area (Å²) < 4.78 is 45.6. The first kappa shape index (κ1) is 6.92. The van der Waals surface area contributed by atoms with Gasteiger partial charge < -0.3 is 5.32 Å². The fraction of sp³-hybridized carbons (Fsp3) is 0.417. The van der Waals surface area contributed by atoms with Crippen molar-refractivity contribution in [3.8, 4) is 0 Å². The third-order valence-corrected chi connectivity index (χ3v) is 3.09. The lowest BCUT2D eigenvalue weighted by Crippen LogP contribution is -2.14. The molecule has 0 atom stereocenters. The van der Waals surface area contributed by atoms with E-state index in [1.807, 2.05) is 0 Å². The Morgan fingerprint density at radius 1 is 1.38 bits per heavy atom. The molecular formula is C12H17ClN2S. The average molecular weight is 263 g/mol. The van der Waals surface area contributed by atoms with Crippen LogP contribution in [0.25, 0.3) is 0 Å². The fourth-order valence-corrected chi connectivity index (χ4v) is 2.15. The summed E-state index contributed by atoms with van der Waals surface area (Å²) in [5, 5.41) is 3.50. The molecule has 1 aromatic carbocycles. The number of nitrogens with zero attached hydrogens (tertiary/aromatic N) is 1. The molecule has 0 unspecified atom stereocenters. The largest absolute Gasteiger partial charge is 0.335 e. The van der Waals surface area contributed by atoms with Gasteiger partial charge in [0.05, 0.1) is 0 Å². The predicted octanol–water partition coefficient (Wildman–Crippen LogP) is 3.63. The first-order valence-corrected chi connectivity index (χ1v) is 5.76. The summed E-state index contributed by atoms with van der Waals surface area (Å²) in [6, 6.07) is 4.32. The van der Waals surface area contributed by atoms with E-state index in [1.165, 1.54) is 30.0 Å². The van der Waals surface area contributed by atoms with Crippen molar-refractivity contribution in [1.29, 1.82) is 0 Å². The van der Waals surface area contributed by atoms with Crippen molar-refractivity contribution in [3.63, 3.8) is 0 Å². The normalized spacial score (nSPS) is 22.1. The molecule has 0 amide bonds. The van der Waals surface area contributed by atoms with Crippen molar-refractivity contribution < 1.29 is 8.22 Å². The standard InChI is InChI=1S/C12H16N2S.ClH/c1-9-5-3-6-10(2)11(9)14-12-13-7-4-8-15-12;/h3,5-6H,4,7-8H2,1-2H3,(H,13,14);1H/i1D3,2D3;. The third kappa shape index (κ3) is 3.16. The summed E-state index contributed by atoms with van der Waals surface area (Å²) in [6.07, 6.45) is 0.961. The molecule has 0 bridgehead atoms. The molecule has 4 heteroatoms. The third-order valence-electron chi connectivity index (χ3n) is 2.09. The SMILES string of the molecule is Cl.[2H]C([2H])([2H])c1cccc(C([2H])([2H])[2H])c1NC1=NCCCS1. The van der Waals surface area contributed by atoms with Gasteiger partial charge in [-0.15, -0.1) is 12.4 Å². The molecule has 16 heavy (non-hydrogen) atoms. The summed E-state index contributed by atoms with van der Waals surface area (Å²) in [4.78, 5) is 4.27. The molecule has 0 radical (unpaired) electrons. The van der Waals surface area contributed by atoms with Crippen LogP contribution >= 0.6 is 24.2 Å². The summed E-state index contributed by atoms with van der Waals surface area (Å²) in [7, 11) is 0. The Hall–Kier alpha value is -0.670. The molecular weight excluding hydrogens is 240 g/mol. The Labute approximate surface area is 116 Å². The number of thioether (sulfide) groups is 1. The van der Waals surface area contributed by atoms with Crippen LogP contribution in [0.5, 0.6) is 0 Å². The summed E-state index contributed by atoms with van der Waals surface area (Å²) >= 11 is 1.47. The van der Waals surface area contributed by atoms with Gasteiger partial charge in [0.2, 0.25) is 0 Å². The molecule has 2 nitrogen and oxygen atoms in total. The fourth-order valence-electron chi connectivity index (χ4n) is 1.33. The number of nitrogens with one attached hydrogen (secondary N) is 1. The molecule has 88 valence electrons. The highest BCUT2D eigenvalue weighted by Gasteiger charge is 2.08. The number of hydrogen-bond acceptors (Lipinski definition) is 3. The van der Waals surface area contributed by atoms with Crippen LogP contribution in [0.1, 0.15) is 25.8 Å².